The zero-order chi connectivity index (χ0) is 14.1. The molecule has 0 atom stereocenters. The molecular formula is C18H16NORb2+. The molecule has 22 heavy (non-hydrogen) atoms. The van der Waals surface area contributed by atoms with Crippen molar-refractivity contribution in [3.8, 4) is 11.1 Å². The van der Waals surface area contributed by atoms with Crippen molar-refractivity contribution in [1.29, 1.82) is 0 Å². The van der Waals surface area contributed by atoms with Crippen LogP contribution in [0.2, 0.25) is 0 Å². The van der Waals surface area contributed by atoms with Crippen molar-refractivity contribution in [2.75, 3.05) is 0 Å². The maximum Gasteiger partial charge on any atom is 1.00 e. The van der Waals surface area contributed by atoms with Crippen LogP contribution >= 0.6 is 0 Å². The van der Waals surface area contributed by atoms with Gasteiger partial charge in [0.05, 0.1) is 12.1 Å². The molecule has 1 aromatic heterocycles. The second-order valence-corrected chi connectivity index (χ2v) is 5.02. The Bertz CT molecular complexity index is 770. The number of aliphatic hydroxyl groups excluding tert-OH is 1. The third-order valence-electron chi connectivity index (χ3n) is 3.51. The summed E-state index contributed by atoms with van der Waals surface area (Å²) in [5.41, 5.74) is 6.18. The average molecular weight is 433 g/mol. The van der Waals surface area contributed by atoms with E-state index in [1.807, 2.05) is 30.3 Å². The molecule has 0 amide bonds. The number of aromatic nitrogens is 1. The Kier molecular flexibility index (Phi) is 9.40. The summed E-state index contributed by atoms with van der Waals surface area (Å²) in [6.07, 6.45) is 0. The minimum Gasteiger partial charge on any atom is -0.392 e. The van der Waals surface area contributed by atoms with Crippen molar-refractivity contribution in [3.05, 3.63) is 72.3 Å². The molecular weight excluding hydrogens is 417 g/mol. The number of benzene rings is 2. The van der Waals surface area contributed by atoms with Crippen LogP contribution in [0.25, 0.3) is 22.0 Å². The van der Waals surface area contributed by atoms with Gasteiger partial charge >= 0.3 is 116 Å². The summed E-state index contributed by atoms with van der Waals surface area (Å²) in [5, 5.41) is 10.2. The Morgan fingerprint density at radius 1 is 0.955 bits per heavy atom. The molecule has 4 heteroatoms. The molecule has 0 aliphatic carbocycles. The van der Waals surface area contributed by atoms with Gasteiger partial charge in [-0.3, -0.25) is 4.98 Å². The van der Waals surface area contributed by atoms with Gasteiger partial charge in [-0.2, -0.15) is 6.07 Å². The summed E-state index contributed by atoms with van der Waals surface area (Å²) in [5.74, 6) is 0. The van der Waals surface area contributed by atoms with Crippen LogP contribution in [0, 0.1) is 13.8 Å². The van der Waals surface area contributed by atoms with E-state index in [1.54, 1.807) is 0 Å². The molecule has 0 radical (unpaired) electrons. The van der Waals surface area contributed by atoms with Crippen LogP contribution in [0.15, 0.2) is 48.5 Å². The molecule has 0 saturated carbocycles. The second-order valence-electron chi connectivity index (χ2n) is 5.02. The summed E-state index contributed by atoms with van der Waals surface area (Å²) < 4.78 is 0. The first-order valence-corrected chi connectivity index (χ1v) is 6.61. The van der Waals surface area contributed by atoms with Crippen LogP contribution in [-0.4, -0.2) is 10.1 Å². The third kappa shape index (κ3) is 4.90. The molecule has 1 heterocycles. The molecule has 0 bridgehead atoms. The summed E-state index contributed by atoms with van der Waals surface area (Å²) in [4.78, 5) is 4.49. The molecule has 0 aliphatic heterocycles. The Hall–Kier alpha value is 1.29. The Balaban J connectivity index is 0.00000121. The summed E-state index contributed by atoms with van der Waals surface area (Å²) in [6, 6.07) is 16.2. The van der Waals surface area contributed by atoms with E-state index in [0.29, 0.717) is 0 Å². The zero-order valence-corrected chi connectivity index (χ0v) is 23.3. The van der Waals surface area contributed by atoms with Crippen molar-refractivity contribution in [3.63, 3.8) is 0 Å². The molecule has 3 aromatic rings. The Morgan fingerprint density at radius 2 is 1.64 bits per heavy atom. The number of pyridine rings is 1. The maximum atomic E-state index is 9.10. The van der Waals surface area contributed by atoms with E-state index in [9.17, 15) is 0 Å². The van der Waals surface area contributed by atoms with Crippen LogP contribution in [0.5, 0.6) is 0 Å². The van der Waals surface area contributed by atoms with E-state index in [-0.39, 0.29) is 123 Å². The zero-order valence-electron chi connectivity index (χ0n) is 13.4. The van der Waals surface area contributed by atoms with Crippen molar-refractivity contribution < 1.29 is 121 Å². The van der Waals surface area contributed by atoms with Gasteiger partial charge in [-0.05, 0) is 46.7 Å². The van der Waals surface area contributed by atoms with Crippen LogP contribution in [0.4, 0.5) is 0 Å². The third-order valence-corrected chi connectivity index (χ3v) is 3.51. The van der Waals surface area contributed by atoms with Gasteiger partial charge in [-0.1, -0.05) is 24.3 Å². The van der Waals surface area contributed by atoms with Gasteiger partial charge in [0.15, 0.2) is 0 Å². The van der Waals surface area contributed by atoms with Crippen molar-refractivity contribution in [1.82, 2.24) is 4.98 Å². The van der Waals surface area contributed by atoms with E-state index in [1.165, 1.54) is 0 Å². The smallest absolute Gasteiger partial charge is 0.392 e. The molecule has 3 rings (SSSR count). The van der Waals surface area contributed by atoms with Gasteiger partial charge in [0.1, 0.15) is 0 Å². The molecule has 0 saturated heterocycles. The predicted octanol–water partition coefficient (Wildman–Crippen LogP) is -2.11. The van der Waals surface area contributed by atoms with Crippen molar-refractivity contribution >= 4 is 10.9 Å². The number of fused-ring (bicyclic) bond motifs is 1. The van der Waals surface area contributed by atoms with Crippen molar-refractivity contribution in [2.45, 2.75) is 13.5 Å². The second kappa shape index (κ2) is 9.69. The molecule has 0 spiro atoms. The number of hydrogen-bond donors (Lipinski definition) is 1. The fraction of sp³-hybridized carbons (Fsp3) is 0.111. The first-order valence-electron chi connectivity index (χ1n) is 6.61. The van der Waals surface area contributed by atoms with Gasteiger partial charge in [-0.25, -0.2) is 6.92 Å². The van der Waals surface area contributed by atoms with Crippen LogP contribution < -0.4 is 116 Å². The molecule has 2 aromatic carbocycles. The summed E-state index contributed by atoms with van der Waals surface area (Å²) >= 11 is 0. The van der Waals surface area contributed by atoms with Gasteiger partial charge in [0.2, 0.25) is 0 Å². The standard InChI is InChI=1S/C18H16NO.2Rb/c1-12-9-17(15-7-4-14(11-20)5-8-15)10-16-6-3-13(2)19-18(12)16;;/h3-10,20H,2,11H2,1H3;;/q-1;2*+1. The molecule has 0 aliphatic rings. The van der Waals surface area contributed by atoms with E-state index in [2.05, 4.69) is 37.0 Å². The van der Waals surface area contributed by atoms with Crippen LogP contribution in [0.3, 0.4) is 0 Å². The molecule has 0 fully saturated rings. The molecule has 0 unspecified atom stereocenters. The van der Waals surface area contributed by atoms with Gasteiger partial charge in [0, 0.05) is 0 Å². The van der Waals surface area contributed by atoms with E-state index in [0.717, 1.165) is 38.9 Å². The van der Waals surface area contributed by atoms with E-state index >= 15 is 0 Å². The number of rotatable bonds is 2. The predicted molar refractivity (Wildman–Crippen MR) is 82.3 cm³/mol. The SMILES string of the molecule is [CH2-]c1ccc2cc(-c3ccc(CO)cc3)cc(C)c2n1.[Rb+].[Rb+]. The quantitative estimate of drug-likeness (QED) is 0.470. The first kappa shape index (κ1) is 21.3. The van der Waals surface area contributed by atoms with Crippen LogP contribution in [-0.2, 0) is 6.61 Å². The number of aryl methyl sites for hydroxylation is 1. The summed E-state index contributed by atoms with van der Waals surface area (Å²) in [7, 11) is 0. The first-order chi connectivity index (χ1) is 9.67. The van der Waals surface area contributed by atoms with Crippen molar-refractivity contribution in [2.24, 2.45) is 0 Å². The molecule has 1 N–H and O–H groups in total. The van der Waals surface area contributed by atoms with Crippen LogP contribution in [0.1, 0.15) is 16.8 Å². The van der Waals surface area contributed by atoms with Gasteiger partial charge in [0.25, 0.3) is 0 Å². The maximum absolute atomic E-state index is 9.10. The average Bonchev–Trinajstić information content (AvgIpc) is 2.48. The molecule has 100 valence electrons. The van der Waals surface area contributed by atoms with Gasteiger partial charge < -0.3 is 5.11 Å². The van der Waals surface area contributed by atoms with E-state index in [4.69, 9.17) is 5.11 Å². The minimum absolute atomic E-state index is 0. The fourth-order valence-electron chi connectivity index (χ4n) is 2.42. The summed E-state index contributed by atoms with van der Waals surface area (Å²) in [6.45, 7) is 6.02. The Labute approximate surface area is 229 Å². The monoisotopic (exact) mass is 432 g/mol. The van der Waals surface area contributed by atoms with Gasteiger partial charge in [-0.15, -0.1) is 11.8 Å². The number of nitrogens with zero attached hydrogens (tertiary/aromatic N) is 1. The Morgan fingerprint density at radius 3 is 2.27 bits per heavy atom. The normalized spacial score (nSPS) is 9.91. The largest absolute Gasteiger partial charge is 1.00 e. The fourth-order valence-corrected chi connectivity index (χ4v) is 2.42. The number of aliphatic hydroxyl groups is 1. The topological polar surface area (TPSA) is 33.1 Å². The van der Waals surface area contributed by atoms with E-state index < -0.39 is 0 Å². The minimum atomic E-state index is 0. The molecule has 2 nitrogen and oxygen atoms in total. The number of hydrogen-bond acceptors (Lipinski definition) is 2.